The van der Waals surface area contributed by atoms with Gasteiger partial charge in [-0.2, -0.15) is 0 Å². The second-order valence-electron chi connectivity index (χ2n) is 8.04. The van der Waals surface area contributed by atoms with Crippen molar-refractivity contribution in [3.8, 4) is 5.75 Å². The van der Waals surface area contributed by atoms with E-state index >= 15 is 0 Å². The van der Waals surface area contributed by atoms with Gasteiger partial charge in [0.15, 0.2) is 15.0 Å². The summed E-state index contributed by atoms with van der Waals surface area (Å²) < 4.78 is 30.7. The fraction of sp³-hybridized carbons (Fsp3) is 0.417. The lowest BCUT2D eigenvalue weighted by Crippen LogP contribution is -2.48. The summed E-state index contributed by atoms with van der Waals surface area (Å²) in [6.07, 6.45) is 0. The number of rotatable bonds is 9. The third-order valence-electron chi connectivity index (χ3n) is 5.88. The normalized spacial score (nSPS) is 14.5. The number of benzene rings is 2. The minimum Gasteiger partial charge on any atom is -0.492 e. The molecule has 190 valence electrons. The van der Waals surface area contributed by atoms with Crippen molar-refractivity contribution in [2.75, 3.05) is 56.5 Å². The lowest BCUT2D eigenvalue weighted by molar-refractivity contribution is 0.0947. The predicted molar refractivity (Wildman–Crippen MR) is 143 cm³/mol. The molecule has 0 aliphatic carbocycles. The largest absolute Gasteiger partial charge is 0.492 e. The Balaban J connectivity index is 0.00000342. The monoisotopic (exact) mass is 538 g/mol. The van der Waals surface area contributed by atoms with E-state index in [1.807, 2.05) is 19.1 Å². The summed E-state index contributed by atoms with van der Waals surface area (Å²) in [7, 11) is -3.26. The van der Waals surface area contributed by atoms with Gasteiger partial charge < -0.3 is 15.0 Å². The van der Waals surface area contributed by atoms with Crippen LogP contribution in [0.25, 0.3) is 10.2 Å². The molecule has 2 aromatic carbocycles. The highest BCUT2D eigenvalue weighted by molar-refractivity contribution is 7.91. The van der Waals surface area contributed by atoms with Crippen molar-refractivity contribution >= 4 is 54.8 Å². The van der Waals surface area contributed by atoms with Crippen molar-refractivity contribution in [2.24, 2.45) is 0 Å². The highest BCUT2D eigenvalue weighted by atomic mass is 35.5. The standard InChI is InChI=1S/C24H30N4O4S2.ClH/c1-3-32-20-6-5-7-21-22(20)26-24(33-21)28-16-14-27(15-17-28)13-12-25-23(29)18-8-10-19(11-9-18)34(30,31)4-2;/h5-11H,3-4,12-17H2,1-2H3,(H,25,29);1H. The van der Waals surface area contributed by atoms with Gasteiger partial charge >= 0.3 is 0 Å². The molecule has 0 spiro atoms. The number of anilines is 1. The molecule has 1 aromatic heterocycles. The molecule has 0 unspecified atom stereocenters. The van der Waals surface area contributed by atoms with Crippen molar-refractivity contribution in [1.82, 2.24) is 15.2 Å². The molecular weight excluding hydrogens is 508 g/mol. The van der Waals surface area contributed by atoms with Crippen molar-refractivity contribution in [2.45, 2.75) is 18.7 Å². The van der Waals surface area contributed by atoms with Crippen molar-refractivity contribution < 1.29 is 17.9 Å². The first-order valence-electron chi connectivity index (χ1n) is 11.5. The minimum absolute atomic E-state index is 0. The van der Waals surface area contributed by atoms with E-state index in [2.05, 4.69) is 21.2 Å². The summed E-state index contributed by atoms with van der Waals surface area (Å²) in [5.41, 5.74) is 1.39. The molecule has 8 nitrogen and oxygen atoms in total. The highest BCUT2D eigenvalue weighted by Crippen LogP contribution is 2.34. The summed E-state index contributed by atoms with van der Waals surface area (Å²) in [6, 6.07) is 12.1. The van der Waals surface area contributed by atoms with E-state index in [1.165, 1.54) is 12.1 Å². The van der Waals surface area contributed by atoms with Crippen LogP contribution in [0.3, 0.4) is 0 Å². The zero-order valence-electron chi connectivity index (χ0n) is 19.9. The molecule has 0 radical (unpaired) electrons. The van der Waals surface area contributed by atoms with Crippen LogP contribution in [0.15, 0.2) is 47.4 Å². The summed E-state index contributed by atoms with van der Waals surface area (Å²) >= 11 is 1.69. The Morgan fingerprint density at radius 1 is 1.09 bits per heavy atom. The van der Waals surface area contributed by atoms with Crippen molar-refractivity contribution in [3.63, 3.8) is 0 Å². The van der Waals surface area contributed by atoms with Crippen LogP contribution in [0, 0.1) is 0 Å². The molecule has 11 heteroatoms. The van der Waals surface area contributed by atoms with Crippen LogP contribution in [0.4, 0.5) is 5.13 Å². The second kappa shape index (κ2) is 12.0. The summed E-state index contributed by atoms with van der Waals surface area (Å²) in [6.45, 7) is 9.05. The number of aromatic nitrogens is 1. The predicted octanol–water partition coefficient (Wildman–Crippen LogP) is 3.46. The van der Waals surface area contributed by atoms with E-state index in [4.69, 9.17) is 9.72 Å². The number of amides is 1. The smallest absolute Gasteiger partial charge is 0.251 e. The van der Waals surface area contributed by atoms with E-state index in [-0.39, 0.29) is 29.0 Å². The number of nitrogens with zero attached hydrogens (tertiary/aromatic N) is 3. The van der Waals surface area contributed by atoms with Crippen LogP contribution in [0.2, 0.25) is 0 Å². The molecule has 4 rings (SSSR count). The van der Waals surface area contributed by atoms with E-state index in [9.17, 15) is 13.2 Å². The fourth-order valence-corrected chi connectivity index (χ4v) is 5.81. The Morgan fingerprint density at radius 2 is 1.80 bits per heavy atom. The third-order valence-corrected chi connectivity index (χ3v) is 8.71. The number of piperazine rings is 1. The first-order valence-corrected chi connectivity index (χ1v) is 14.0. The highest BCUT2D eigenvalue weighted by Gasteiger charge is 2.21. The van der Waals surface area contributed by atoms with E-state index in [0.717, 1.165) is 53.8 Å². The van der Waals surface area contributed by atoms with Gasteiger partial charge in [0.1, 0.15) is 11.3 Å². The molecule has 0 atom stereocenters. The van der Waals surface area contributed by atoms with Crippen molar-refractivity contribution in [1.29, 1.82) is 0 Å². The quantitative estimate of drug-likeness (QED) is 0.446. The minimum atomic E-state index is -3.26. The molecule has 1 aliphatic rings. The molecule has 0 bridgehead atoms. The average Bonchev–Trinajstić information content (AvgIpc) is 3.30. The van der Waals surface area contributed by atoms with Gasteiger partial charge in [-0.25, -0.2) is 13.4 Å². The van der Waals surface area contributed by atoms with Gasteiger partial charge in [0, 0.05) is 44.8 Å². The van der Waals surface area contributed by atoms with Crippen LogP contribution in [0.1, 0.15) is 24.2 Å². The summed E-state index contributed by atoms with van der Waals surface area (Å²) in [4.78, 5) is 22.1. The van der Waals surface area contributed by atoms with Crippen LogP contribution >= 0.6 is 23.7 Å². The molecule has 3 aromatic rings. The Bertz CT molecular complexity index is 1240. The number of para-hydroxylation sites is 1. The molecule has 1 N–H and O–H groups in total. The SMILES string of the molecule is CCOc1cccc2sc(N3CCN(CCNC(=O)c4ccc(S(=O)(=O)CC)cc4)CC3)nc12.Cl. The number of halogens is 1. The maximum absolute atomic E-state index is 12.4. The molecule has 2 heterocycles. The maximum Gasteiger partial charge on any atom is 0.251 e. The molecule has 1 aliphatic heterocycles. The molecule has 35 heavy (non-hydrogen) atoms. The molecule has 1 amide bonds. The molecular formula is C24H31ClN4O4S2. The van der Waals surface area contributed by atoms with Crippen LogP contribution < -0.4 is 15.0 Å². The number of thiazole rings is 1. The first-order chi connectivity index (χ1) is 16.4. The van der Waals surface area contributed by atoms with Gasteiger partial charge in [-0.3, -0.25) is 9.69 Å². The zero-order valence-corrected chi connectivity index (χ0v) is 22.3. The second-order valence-corrected chi connectivity index (χ2v) is 11.3. The van der Waals surface area contributed by atoms with Crippen molar-refractivity contribution in [3.05, 3.63) is 48.0 Å². The Hall–Kier alpha value is -2.40. The molecule has 0 saturated carbocycles. The van der Waals surface area contributed by atoms with Gasteiger partial charge in [0.05, 0.1) is 22.0 Å². The summed E-state index contributed by atoms with van der Waals surface area (Å²) in [5.74, 6) is 0.677. The van der Waals surface area contributed by atoms with Crippen LogP contribution in [-0.4, -0.2) is 75.8 Å². The Labute approximate surface area is 216 Å². The third kappa shape index (κ3) is 6.43. The van der Waals surface area contributed by atoms with E-state index in [0.29, 0.717) is 18.7 Å². The maximum atomic E-state index is 12.4. The number of fused-ring (bicyclic) bond motifs is 1. The van der Waals surface area contributed by atoms with Gasteiger partial charge in [-0.05, 0) is 43.3 Å². The molecule has 1 saturated heterocycles. The lowest BCUT2D eigenvalue weighted by atomic mass is 10.2. The number of ether oxygens (including phenoxy) is 1. The number of sulfone groups is 1. The van der Waals surface area contributed by atoms with Gasteiger partial charge in [-0.1, -0.05) is 24.3 Å². The fourth-order valence-electron chi connectivity index (χ4n) is 3.89. The Morgan fingerprint density at radius 3 is 2.46 bits per heavy atom. The number of carbonyl (C=O) groups is 1. The van der Waals surface area contributed by atoms with E-state index < -0.39 is 9.84 Å². The summed E-state index contributed by atoms with van der Waals surface area (Å²) in [5, 5.41) is 3.95. The lowest BCUT2D eigenvalue weighted by Gasteiger charge is -2.34. The first kappa shape index (κ1) is 27.2. The number of carbonyl (C=O) groups excluding carboxylic acids is 1. The van der Waals surface area contributed by atoms with Gasteiger partial charge in [0.25, 0.3) is 5.91 Å². The van der Waals surface area contributed by atoms with Crippen LogP contribution in [-0.2, 0) is 9.84 Å². The number of hydrogen-bond donors (Lipinski definition) is 1. The van der Waals surface area contributed by atoms with E-state index in [1.54, 1.807) is 30.4 Å². The molecule has 1 fully saturated rings. The van der Waals surface area contributed by atoms with Crippen LogP contribution in [0.5, 0.6) is 5.75 Å². The number of nitrogens with one attached hydrogen (secondary N) is 1. The van der Waals surface area contributed by atoms with Gasteiger partial charge in [0.2, 0.25) is 0 Å². The van der Waals surface area contributed by atoms with Gasteiger partial charge in [-0.15, -0.1) is 12.4 Å². The average molecular weight is 539 g/mol. The zero-order chi connectivity index (χ0) is 24.1. The Kier molecular flexibility index (Phi) is 9.34. The topological polar surface area (TPSA) is 91.8 Å². The number of hydrogen-bond acceptors (Lipinski definition) is 8.